The van der Waals surface area contributed by atoms with E-state index in [1.807, 2.05) is 13.8 Å². The molecule has 0 unspecified atom stereocenters. The molecule has 9 nitrogen and oxygen atoms in total. The molecule has 0 aliphatic carbocycles. The summed E-state index contributed by atoms with van der Waals surface area (Å²) in [6.45, 7) is 6.79. The Morgan fingerprint density at radius 2 is 1.67 bits per heavy atom. The Morgan fingerprint density at radius 3 is 2.23 bits per heavy atom. The number of nitrogens with zero attached hydrogens (tertiary/aromatic N) is 3. The number of esters is 1. The Kier molecular flexibility index (Phi) is 6.00. The predicted molar refractivity (Wildman–Crippen MR) is 108 cm³/mol. The fraction of sp³-hybridized carbons (Fsp3) is 0.381. The van der Waals surface area contributed by atoms with Crippen molar-refractivity contribution in [3.05, 3.63) is 47.7 Å². The number of ether oxygens (including phenoxy) is 1. The number of carbonyl (C=O) groups excluding carboxylic acids is 4. The third-order valence-electron chi connectivity index (χ3n) is 5.15. The minimum atomic E-state index is -1.17. The Morgan fingerprint density at radius 1 is 1.07 bits per heavy atom. The van der Waals surface area contributed by atoms with Crippen LogP contribution in [0.15, 0.2) is 36.5 Å². The molecule has 0 saturated carbocycles. The quantitative estimate of drug-likeness (QED) is 0.552. The summed E-state index contributed by atoms with van der Waals surface area (Å²) >= 11 is 0. The lowest BCUT2D eigenvalue weighted by molar-refractivity contribution is -0.156. The van der Waals surface area contributed by atoms with Gasteiger partial charge in [0, 0.05) is 6.07 Å². The zero-order chi connectivity index (χ0) is 22.0. The Labute approximate surface area is 174 Å². The number of benzene rings is 1. The van der Waals surface area contributed by atoms with Crippen LogP contribution in [-0.2, 0) is 14.3 Å². The van der Waals surface area contributed by atoms with Crippen molar-refractivity contribution in [2.75, 3.05) is 5.32 Å². The molecule has 1 N–H and O–H groups in total. The monoisotopic (exact) mass is 412 g/mol. The van der Waals surface area contributed by atoms with Gasteiger partial charge in [0.1, 0.15) is 11.9 Å². The SMILES string of the molecule is CC[C@@H](C)n1nccc1NC(=O)[C@H](C)OC(=O)[C@@H](C)N1C(=O)c2ccccc2C1=O. The van der Waals surface area contributed by atoms with E-state index in [1.54, 1.807) is 29.1 Å². The van der Waals surface area contributed by atoms with Crippen molar-refractivity contribution in [3.8, 4) is 0 Å². The van der Waals surface area contributed by atoms with Crippen LogP contribution in [-0.4, -0.2) is 50.5 Å². The maximum absolute atomic E-state index is 12.5. The van der Waals surface area contributed by atoms with Gasteiger partial charge >= 0.3 is 5.97 Å². The third-order valence-corrected chi connectivity index (χ3v) is 5.15. The van der Waals surface area contributed by atoms with Gasteiger partial charge in [-0.2, -0.15) is 5.10 Å². The van der Waals surface area contributed by atoms with E-state index in [0.29, 0.717) is 5.82 Å². The molecule has 3 rings (SSSR count). The molecule has 3 amide bonds. The number of imide groups is 1. The molecule has 1 aliphatic heterocycles. The fourth-order valence-corrected chi connectivity index (χ4v) is 3.16. The van der Waals surface area contributed by atoms with Gasteiger partial charge in [-0.05, 0) is 39.3 Å². The second kappa shape index (κ2) is 8.48. The van der Waals surface area contributed by atoms with E-state index in [2.05, 4.69) is 10.4 Å². The normalized spacial score (nSPS) is 16.1. The predicted octanol–water partition coefficient (Wildman–Crippen LogP) is 2.41. The fourth-order valence-electron chi connectivity index (χ4n) is 3.16. The summed E-state index contributed by atoms with van der Waals surface area (Å²) in [5.74, 6) is -2.01. The third kappa shape index (κ3) is 3.83. The van der Waals surface area contributed by atoms with E-state index >= 15 is 0 Å². The standard InChI is InChI=1S/C21H24N4O5/c1-5-12(2)25-17(10-11-22-25)23-18(26)14(4)30-21(29)13(3)24-19(27)15-8-6-7-9-16(15)20(24)28/h6-14H,5H2,1-4H3,(H,23,26)/t12-,13-,14+/m1/s1. The second-order valence-corrected chi connectivity index (χ2v) is 7.19. The highest BCUT2D eigenvalue weighted by atomic mass is 16.5. The van der Waals surface area contributed by atoms with Crippen molar-refractivity contribution >= 4 is 29.5 Å². The first-order chi connectivity index (χ1) is 14.3. The number of anilines is 1. The van der Waals surface area contributed by atoms with Crippen molar-refractivity contribution in [3.63, 3.8) is 0 Å². The van der Waals surface area contributed by atoms with Gasteiger partial charge in [0.2, 0.25) is 0 Å². The number of amides is 3. The molecule has 2 aromatic rings. The van der Waals surface area contributed by atoms with Gasteiger partial charge in [0.25, 0.3) is 17.7 Å². The van der Waals surface area contributed by atoms with Gasteiger partial charge in [0.15, 0.2) is 6.10 Å². The van der Waals surface area contributed by atoms with E-state index in [1.165, 1.54) is 26.0 Å². The Hall–Kier alpha value is -3.49. The summed E-state index contributed by atoms with van der Waals surface area (Å²) in [6.07, 6.45) is 1.27. The van der Waals surface area contributed by atoms with E-state index in [-0.39, 0.29) is 17.2 Å². The molecule has 0 radical (unpaired) electrons. The summed E-state index contributed by atoms with van der Waals surface area (Å²) in [4.78, 5) is 50.9. The van der Waals surface area contributed by atoms with E-state index in [0.717, 1.165) is 11.3 Å². The highest BCUT2D eigenvalue weighted by Crippen LogP contribution is 2.25. The topological polar surface area (TPSA) is 111 Å². The number of nitrogens with one attached hydrogen (secondary N) is 1. The molecule has 9 heteroatoms. The highest BCUT2D eigenvalue weighted by Gasteiger charge is 2.41. The lowest BCUT2D eigenvalue weighted by atomic mass is 10.1. The number of hydrogen-bond acceptors (Lipinski definition) is 6. The molecule has 158 valence electrons. The summed E-state index contributed by atoms with van der Waals surface area (Å²) in [5.41, 5.74) is 0.484. The van der Waals surface area contributed by atoms with Crippen molar-refractivity contribution < 1.29 is 23.9 Å². The molecule has 0 spiro atoms. The van der Waals surface area contributed by atoms with Crippen LogP contribution in [0.3, 0.4) is 0 Å². The van der Waals surface area contributed by atoms with Crippen LogP contribution in [0.2, 0.25) is 0 Å². The maximum atomic E-state index is 12.5. The minimum Gasteiger partial charge on any atom is -0.451 e. The van der Waals surface area contributed by atoms with Crippen molar-refractivity contribution in [1.82, 2.24) is 14.7 Å². The largest absolute Gasteiger partial charge is 0.451 e. The molecular formula is C21H24N4O5. The molecule has 3 atom stereocenters. The second-order valence-electron chi connectivity index (χ2n) is 7.19. The van der Waals surface area contributed by atoms with Gasteiger partial charge < -0.3 is 10.1 Å². The van der Waals surface area contributed by atoms with Crippen molar-refractivity contribution in [2.24, 2.45) is 0 Å². The van der Waals surface area contributed by atoms with Gasteiger partial charge in [-0.15, -0.1) is 0 Å². The zero-order valence-electron chi connectivity index (χ0n) is 17.3. The van der Waals surface area contributed by atoms with Gasteiger partial charge in [-0.3, -0.25) is 19.3 Å². The van der Waals surface area contributed by atoms with E-state index < -0.39 is 35.8 Å². The van der Waals surface area contributed by atoms with Crippen LogP contribution >= 0.6 is 0 Å². The summed E-state index contributed by atoms with van der Waals surface area (Å²) in [5, 5.41) is 6.88. The molecule has 1 aliphatic rings. The van der Waals surface area contributed by atoms with Crippen LogP contribution in [0.25, 0.3) is 0 Å². The van der Waals surface area contributed by atoms with Crippen LogP contribution in [0, 0.1) is 0 Å². The van der Waals surface area contributed by atoms with Gasteiger partial charge in [-0.1, -0.05) is 19.1 Å². The first kappa shape index (κ1) is 21.2. The van der Waals surface area contributed by atoms with E-state index in [9.17, 15) is 19.2 Å². The lowest BCUT2D eigenvalue weighted by Gasteiger charge is -2.23. The molecule has 30 heavy (non-hydrogen) atoms. The van der Waals surface area contributed by atoms with Gasteiger partial charge in [0.05, 0.1) is 23.4 Å². The molecular weight excluding hydrogens is 388 g/mol. The maximum Gasteiger partial charge on any atom is 0.329 e. The highest BCUT2D eigenvalue weighted by molar-refractivity contribution is 6.22. The smallest absolute Gasteiger partial charge is 0.329 e. The molecule has 0 bridgehead atoms. The minimum absolute atomic E-state index is 0.0852. The van der Waals surface area contributed by atoms with Gasteiger partial charge in [-0.25, -0.2) is 9.48 Å². The Balaban J connectivity index is 1.64. The average molecular weight is 412 g/mol. The first-order valence-corrected chi connectivity index (χ1v) is 9.78. The molecule has 2 heterocycles. The van der Waals surface area contributed by atoms with Crippen LogP contribution in [0.1, 0.15) is 60.9 Å². The number of hydrogen-bond donors (Lipinski definition) is 1. The zero-order valence-corrected chi connectivity index (χ0v) is 17.3. The van der Waals surface area contributed by atoms with Crippen molar-refractivity contribution in [2.45, 2.75) is 52.3 Å². The molecule has 0 saturated heterocycles. The Bertz CT molecular complexity index is 964. The van der Waals surface area contributed by atoms with E-state index in [4.69, 9.17) is 4.74 Å². The molecule has 1 aromatic carbocycles. The average Bonchev–Trinajstić information content (AvgIpc) is 3.29. The van der Waals surface area contributed by atoms with Crippen molar-refractivity contribution in [1.29, 1.82) is 0 Å². The van der Waals surface area contributed by atoms with Crippen LogP contribution in [0.5, 0.6) is 0 Å². The first-order valence-electron chi connectivity index (χ1n) is 9.78. The van der Waals surface area contributed by atoms with Crippen LogP contribution in [0.4, 0.5) is 5.82 Å². The number of fused-ring (bicyclic) bond motifs is 1. The molecule has 1 aromatic heterocycles. The summed E-state index contributed by atoms with van der Waals surface area (Å²) in [7, 11) is 0. The number of aromatic nitrogens is 2. The lowest BCUT2D eigenvalue weighted by Crippen LogP contribution is -2.45. The summed E-state index contributed by atoms with van der Waals surface area (Å²) in [6, 6.07) is 6.93. The number of rotatable bonds is 7. The van der Waals surface area contributed by atoms with Crippen LogP contribution < -0.4 is 5.32 Å². The summed E-state index contributed by atoms with van der Waals surface area (Å²) < 4.78 is 6.91. The molecule has 0 fully saturated rings. The number of carbonyl (C=O) groups is 4.